The van der Waals surface area contributed by atoms with Crippen LogP contribution in [0.2, 0.25) is 0 Å². The van der Waals surface area contributed by atoms with Gasteiger partial charge in [-0.1, -0.05) is 0 Å². The summed E-state index contributed by atoms with van der Waals surface area (Å²) >= 11 is 1.74. The van der Waals surface area contributed by atoms with Crippen LogP contribution < -0.4 is 10.6 Å². The molecule has 2 rings (SSSR count). The van der Waals surface area contributed by atoms with E-state index in [9.17, 15) is 0 Å². The van der Waals surface area contributed by atoms with Crippen molar-refractivity contribution in [3.05, 3.63) is 16.1 Å². The Morgan fingerprint density at radius 3 is 3.19 bits per heavy atom. The van der Waals surface area contributed by atoms with Crippen molar-refractivity contribution < 1.29 is 0 Å². The fourth-order valence-corrected chi connectivity index (χ4v) is 2.79. The molecule has 1 saturated heterocycles. The number of hydrogen-bond donors (Lipinski definition) is 2. The Bertz CT molecular complexity index is 305. The average Bonchev–Trinajstić information content (AvgIpc) is 2.89. The summed E-state index contributed by atoms with van der Waals surface area (Å²) in [6, 6.07) is 0.758. The van der Waals surface area contributed by atoms with Crippen molar-refractivity contribution in [2.75, 3.05) is 19.6 Å². The maximum Gasteiger partial charge on any atom is 0.0897 e. The summed E-state index contributed by atoms with van der Waals surface area (Å²) in [6.45, 7) is 5.45. The van der Waals surface area contributed by atoms with Gasteiger partial charge in [0, 0.05) is 24.4 Å². The van der Waals surface area contributed by atoms with E-state index in [2.05, 4.69) is 27.9 Å². The molecule has 16 heavy (non-hydrogen) atoms. The molecule has 0 radical (unpaired) electrons. The molecule has 2 heterocycles. The van der Waals surface area contributed by atoms with Gasteiger partial charge in [0.15, 0.2) is 0 Å². The van der Waals surface area contributed by atoms with E-state index in [0.29, 0.717) is 0 Å². The first-order valence-corrected chi connectivity index (χ1v) is 7.07. The van der Waals surface area contributed by atoms with Crippen LogP contribution in [0, 0.1) is 6.92 Å². The smallest absolute Gasteiger partial charge is 0.0897 e. The Balaban J connectivity index is 1.51. The Kier molecular flexibility index (Phi) is 4.75. The van der Waals surface area contributed by atoms with E-state index >= 15 is 0 Å². The van der Waals surface area contributed by atoms with Crippen LogP contribution in [0.5, 0.6) is 0 Å². The predicted molar refractivity (Wildman–Crippen MR) is 69.1 cm³/mol. The zero-order chi connectivity index (χ0) is 11.2. The summed E-state index contributed by atoms with van der Waals surface area (Å²) in [5.41, 5.74) is 1.23. The third-order valence-corrected chi connectivity index (χ3v) is 3.88. The summed E-state index contributed by atoms with van der Waals surface area (Å²) in [6.07, 6.45) is 5.02. The molecule has 2 N–H and O–H groups in total. The second kappa shape index (κ2) is 6.33. The molecule has 1 aliphatic rings. The van der Waals surface area contributed by atoms with Gasteiger partial charge in [0.25, 0.3) is 0 Å². The van der Waals surface area contributed by atoms with Crippen molar-refractivity contribution in [2.45, 2.75) is 38.6 Å². The molecule has 1 atom stereocenters. The first kappa shape index (κ1) is 12.0. The van der Waals surface area contributed by atoms with Crippen molar-refractivity contribution in [3.63, 3.8) is 0 Å². The quantitative estimate of drug-likeness (QED) is 0.742. The molecule has 0 saturated carbocycles. The lowest BCUT2D eigenvalue weighted by Gasteiger charge is -2.10. The molecule has 4 heteroatoms. The highest BCUT2D eigenvalue weighted by atomic mass is 32.1. The predicted octanol–water partition coefficient (Wildman–Crippen LogP) is 1.73. The van der Waals surface area contributed by atoms with Gasteiger partial charge in [-0.3, -0.25) is 0 Å². The van der Waals surface area contributed by atoms with Gasteiger partial charge in [-0.15, -0.1) is 11.3 Å². The molecule has 1 aromatic rings. The second-order valence-corrected chi connectivity index (χ2v) is 5.50. The molecular weight excluding hydrogens is 218 g/mol. The molecule has 90 valence electrons. The summed E-state index contributed by atoms with van der Waals surface area (Å²) in [5.74, 6) is 0. The van der Waals surface area contributed by atoms with Crippen LogP contribution in [-0.4, -0.2) is 30.7 Å². The maximum absolute atomic E-state index is 4.45. The Labute approximate surface area is 102 Å². The van der Waals surface area contributed by atoms with Crippen LogP contribution in [0.3, 0.4) is 0 Å². The first-order chi connectivity index (χ1) is 7.84. The minimum absolute atomic E-state index is 0.758. The lowest BCUT2D eigenvalue weighted by Crippen LogP contribution is -2.28. The molecule has 1 aliphatic heterocycles. The van der Waals surface area contributed by atoms with Crippen LogP contribution in [-0.2, 0) is 6.42 Å². The highest BCUT2D eigenvalue weighted by Crippen LogP contribution is 2.08. The molecule has 0 amide bonds. The van der Waals surface area contributed by atoms with E-state index in [-0.39, 0.29) is 0 Å². The Morgan fingerprint density at radius 1 is 1.56 bits per heavy atom. The summed E-state index contributed by atoms with van der Waals surface area (Å²) < 4.78 is 0. The van der Waals surface area contributed by atoms with Gasteiger partial charge in [-0.05, 0) is 39.3 Å². The van der Waals surface area contributed by atoms with E-state index < -0.39 is 0 Å². The van der Waals surface area contributed by atoms with Crippen molar-refractivity contribution in [2.24, 2.45) is 0 Å². The van der Waals surface area contributed by atoms with E-state index in [1.54, 1.807) is 11.3 Å². The third kappa shape index (κ3) is 3.85. The number of hydrogen-bond acceptors (Lipinski definition) is 4. The van der Waals surface area contributed by atoms with Crippen LogP contribution in [0.4, 0.5) is 0 Å². The largest absolute Gasteiger partial charge is 0.316 e. The van der Waals surface area contributed by atoms with Gasteiger partial charge in [-0.25, -0.2) is 4.98 Å². The van der Waals surface area contributed by atoms with E-state index in [1.807, 2.05) is 0 Å². The molecule has 3 nitrogen and oxygen atoms in total. The van der Waals surface area contributed by atoms with E-state index in [4.69, 9.17) is 0 Å². The van der Waals surface area contributed by atoms with E-state index in [0.717, 1.165) is 25.6 Å². The number of nitrogens with one attached hydrogen (secondary N) is 2. The molecule has 0 spiro atoms. The number of thiazole rings is 1. The Hall–Kier alpha value is -0.450. The highest BCUT2D eigenvalue weighted by Gasteiger charge is 2.12. The van der Waals surface area contributed by atoms with Gasteiger partial charge in [-0.2, -0.15) is 0 Å². The van der Waals surface area contributed by atoms with Crippen molar-refractivity contribution in [3.8, 4) is 0 Å². The van der Waals surface area contributed by atoms with Crippen LogP contribution in [0.1, 0.15) is 30.0 Å². The van der Waals surface area contributed by atoms with Crippen LogP contribution >= 0.6 is 11.3 Å². The van der Waals surface area contributed by atoms with Crippen molar-refractivity contribution in [1.29, 1.82) is 0 Å². The standard InChI is InChI=1S/C12H21N3S/c1-10-15-12(9-16-10)5-8-13-7-4-11-3-2-6-14-11/h9,11,13-14H,2-8H2,1H3. The fourth-order valence-electron chi connectivity index (χ4n) is 2.14. The third-order valence-electron chi connectivity index (χ3n) is 3.06. The monoisotopic (exact) mass is 239 g/mol. The molecule has 0 aliphatic carbocycles. The van der Waals surface area contributed by atoms with Gasteiger partial charge >= 0.3 is 0 Å². The van der Waals surface area contributed by atoms with E-state index in [1.165, 1.54) is 36.5 Å². The lowest BCUT2D eigenvalue weighted by atomic mass is 10.1. The average molecular weight is 239 g/mol. The molecule has 1 fully saturated rings. The molecule has 1 unspecified atom stereocenters. The molecule has 1 aromatic heterocycles. The molecular formula is C12H21N3S. The maximum atomic E-state index is 4.45. The van der Waals surface area contributed by atoms with Gasteiger partial charge in [0.05, 0.1) is 10.7 Å². The minimum Gasteiger partial charge on any atom is -0.316 e. The zero-order valence-corrected chi connectivity index (χ0v) is 10.8. The van der Waals surface area contributed by atoms with Gasteiger partial charge < -0.3 is 10.6 Å². The fraction of sp³-hybridized carbons (Fsp3) is 0.750. The number of aryl methyl sites for hydroxylation is 1. The molecule has 0 bridgehead atoms. The highest BCUT2D eigenvalue weighted by molar-refractivity contribution is 7.09. The van der Waals surface area contributed by atoms with Gasteiger partial charge in [0.1, 0.15) is 0 Å². The number of aromatic nitrogens is 1. The SMILES string of the molecule is Cc1nc(CCNCCC2CCCN2)cs1. The number of rotatable bonds is 6. The minimum atomic E-state index is 0.758. The lowest BCUT2D eigenvalue weighted by molar-refractivity contribution is 0.524. The number of nitrogens with zero attached hydrogens (tertiary/aromatic N) is 1. The van der Waals surface area contributed by atoms with Crippen molar-refractivity contribution >= 4 is 11.3 Å². The Morgan fingerprint density at radius 2 is 2.50 bits per heavy atom. The summed E-state index contributed by atoms with van der Waals surface area (Å²) in [4.78, 5) is 4.45. The summed E-state index contributed by atoms with van der Waals surface area (Å²) in [7, 11) is 0. The van der Waals surface area contributed by atoms with Crippen LogP contribution in [0.25, 0.3) is 0 Å². The summed E-state index contributed by atoms with van der Waals surface area (Å²) in [5, 5.41) is 10.3. The zero-order valence-electron chi connectivity index (χ0n) is 9.96. The van der Waals surface area contributed by atoms with Gasteiger partial charge in [0.2, 0.25) is 0 Å². The first-order valence-electron chi connectivity index (χ1n) is 6.20. The topological polar surface area (TPSA) is 37.0 Å². The van der Waals surface area contributed by atoms with Crippen LogP contribution in [0.15, 0.2) is 5.38 Å². The normalized spacial score (nSPS) is 20.4. The second-order valence-electron chi connectivity index (χ2n) is 4.44. The molecule has 0 aromatic carbocycles. The van der Waals surface area contributed by atoms with Crippen molar-refractivity contribution in [1.82, 2.24) is 15.6 Å².